The minimum Gasteiger partial charge on any atom is -0.490 e. The van der Waals surface area contributed by atoms with E-state index in [-0.39, 0.29) is 24.0 Å². The molecule has 1 heterocycles. The first-order valence-electron chi connectivity index (χ1n) is 15.2. The predicted octanol–water partition coefficient (Wildman–Crippen LogP) is 5.34. The van der Waals surface area contributed by atoms with Gasteiger partial charge in [-0.2, -0.15) is 5.26 Å². The minimum atomic E-state index is -0.318. The molecule has 1 aliphatic heterocycles. The van der Waals surface area contributed by atoms with Gasteiger partial charge in [0, 0.05) is 18.8 Å². The normalized spacial score (nSPS) is 26.4. The Labute approximate surface area is 247 Å². The molecule has 5 fully saturated rings. The van der Waals surface area contributed by atoms with E-state index in [0.29, 0.717) is 55.4 Å². The minimum absolute atomic E-state index is 0.0432. The highest BCUT2D eigenvalue weighted by molar-refractivity contribution is 6.01. The molecule has 0 spiro atoms. The monoisotopic (exact) mass is 569 g/mol. The number of anilines is 1. The van der Waals surface area contributed by atoms with Gasteiger partial charge in [-0.05, 0) is 110 Å². The van der Waals surface area contributed by atoms with Gasteiger partial charge in [0.05, 0.1) is 19.8 Å². The molecule has 0 unspecified atom stereocenters. The van der Waals surface area contributed by atoms with Crippen LogP contribution in [0.2, 0.25) is 0 Å². The molecule has 1 saturated heterocycles. The second-order valence-electron chi connectivity index (χ2n) is 12.3. The van der Waals surface area contributed by atoms with Gasteiger partial charge in [-0.15, -0.1) is 0 Å². The van der Waals surface area contributed by atoms with Crippen molar-refractivity contribution in [2.24, 2.45) is 17.8 Å². The average Bonchev–Trinajstić information content (AvgIpc) is 2.99. The van der Waals surface area contributed by atoms with Gasteiger partial charge in [-0.25, -0.2) is 0 Å². The van der Waals surface area contributed by atoms with Crippen molar-refractivity contribution in [1.29, 1.82) is 5.26 Å². The van der Waals surface area contributed by atoms with Crippen molar-refractivity contribution in [3.8, 4) is 17.6 Å². The number of nitriles is 1. The standard InChI is InChI=1S/C34H39N3O5/c1-2-41-31-17-23(16-27(21-35)33(39)37-9-11-40-12-10-37)3-8-30(31)42-22-32(38)36-29-6-4-28(5-7-29)34-18-24-13-25(19-34)15-26(14-24)20-34/h3-8,16-17,24-26H,2,9-15,18-20,22H2,1H3,(H,36,38)/b27-16-. The summed E-state index contributed by atoms with van der Waals surface area (Å²) >= 11 is 0. The van der Waals surface area contributed by atoms with E-state index in [4.69, 9.17) is 14.2 Å². The second kappa shape index (κ2) is 12.2. The van der Waals surface area contributed by atoms with Crippen LogP contribution in [-0.2, 0) is 19.7 Å². The molecule has 5 aliphatic rings. The van der Waals surface area contributed by atoms with Crippen LogP contribution in [0.1, 0.15) is 56.6 Å². The highest BCUT2D eigenvalue weighted by Gasteiger charge is 2.51. The smallest absolute Gasteiger partial charge is 0.264 e. The molecule has 8 nitrogen and oxygen atoms in total. The lowest BCUT2D eigenvalue weighted by molar-refractivity contribution is -0.130. The van der Waals surface area contributed by atoms with Gasteiger partial charge in [-0.3, -0.25) is 9.59 Å². The number of amides is 2. The number of benzene rings is 2. The summed E-state index contributed by atoms with van der Waals surface area (Å²) in [6.45, 7) is 3.92. The number of rotatable bonds is 9. The van der Waals surface area contributed by atoms with E-state index in [1.165, 1.54) is 44.1 Å². The zero-order chi connectivity index (χ0) is 29.1. The lowest BCUT2D eigenvalue weighted by Gasteiger charge is -2.57. The van der Waals surface area contributed by atoms with Gasteiger partial charge in [0.25, 0.3) is 11.8 Å². The molecular formula is C34H39N3O5. The number of hydrogen-bond acceptors (Lipinski definition) is 6. The van der Waals surface area contributed by atoms with Crippen molar-refractivity contribution in [3.63, 3.8) is 0 Å². The fourth-order valence-electron chi connectivity index (χ4n) is 7.96. The Morgan fingerprint density at radius 2 is 1.67 bits per heavy atom. The molecular weight excluding hydrogens is 530 g/mol. The molecule has 2 aromatic rings. The van der Waals surface area contributed by atoms with Crippen molar-refractivity contribution in [2.75, 3.05) is 44.8 Å². The fraction of sp³-hybridized carbons (Fsp3) is 0.500. The molecule has 2 amide bonds. The number of ether oxygens (including phenoxy) is 3. The van der Waals surface area contributed by atoms with Crippen molar-refractivity contribution in [1.82, 2.24) is 4.90 Å². The van der Waals surface area contributed by atoms with Crippen LogP contribution in [0.5, 0.6) is 11.5 Å². The number of morpholine rings is 1. The molecule has 7 rings (SSSR count). The first kappa shape index (κ1) is 28.3. The van der Waals surface area contributed by atoms with Crippen LogP contribution in [0, 0.1) is 29.1 Å². The second-order valence-corrected chi connectivity index (χ2v) is 12.3. The van der Waals surface area contributed by atoms with E-state index < -0.39 is 0 Å². The largest absolute Gasteiger partial charge is 0.490 e. The topological polar surface area (TPSA) is 101 Å². The van der Waals surface area contributed by atoms with Gasteiger partial charge in [0.2, 0.25) is 0 Å². The molecule has 0 radical (unpaired) electrons. The highest BCUT2D eigenvalue weighted by atomic mass is 16.5. The fourth-order valence-corrected chi connectivity index (χ4v) is 7.96. The Kier molecular flexibility index (Phi) is 8.21. The van der Waals surface area contributed by atoms with Crippen LogP contribution in [0.4, 0.5) is 5.69 Å². The predicted molar refractivity (Wildman–Crippen MR) is 159 cm³/mol. The Morgan fingerprint density at radius 3 is 2.29 bits per heavy atom. The van der Waals surface area contributed by atoms with Crippen LogP contribution in [0.15, 0.2) is 48.0 Å². The maximum absolute atomic E-state index is 12.8. The number of carbonyl (C=O) groups is 2. The summed E-state index contributed by atoms with van der Waals surface area (Å²) in [7, 11) is 0. The third-order valence-electron chi connectivity index (χ3n) is 9.41. The maximum Gasteiger partial charge on any atom is 0.264 e. The Bertz CT molecular complexity index is 1350. The van der Waals surface area contributed by atoms with E-state index in [0.717, 1.165) is 23.4 Å². The summed E-state index contributed by atoms with van der Waals surface area (Å²) in [5.74, 6) is 2.96. The molecule has 4 saturated carbocycles. The van der Waals surface area contributed by atoms with Gasteiger partial charge in [0.15, 0.2) is 18.1 Å². The molecule has 4 bridgehead atoms. The number of hydrogen-bond donors (Lipinski definition) is 1. The molecule has 0 aromatic heterocycles. The molecule has 220 valence electrons. The van der Waals surface area contributed by atoms with Crippen molar-refractivity contribution in [3.05, 3.63) is 59.2 Å². The van der Waals surface area contributed by atoms with E-state index in [1.54, 1.807) is 29.2 Å². The zero-order valence-electron chi connectivity index (χ0n) is 24.3. The Morgan fingerprint density at radius 1 is 1.00 bits per heavy atom. The number of nitrogens with zero attached hydrogens (tertiary/aromatic N) is 2. The summed E-state index contributed by atoms with van der Waals surface area (Å²) in [4.78, 5) is 27.2. The third kappa shape index (κ3) is 6.03. The average molecular weight is 570 g/mol. The van der Waals surface area contributed by atoms with Crippen molar-refractivity contribution < 1.29 is 23.8 Å². The molecule has 4 aliphatic carbocycles. The SMILES string of the molecule is CCOc1cc(/C=C(/C#N)C(=O)N2CCOCC2)ccc1OCC(=O)Nc1ccc(C23CC4CC(CC(C4)C2)C3)cc1. The number of nitrogens with one attached hydrogen (secondary N) is 1. The Hall–Kier alpha value is -3.83. The molecule has 2 aromatic carbocycles. The van der Waals surface area contributed by atoms with E-state index >= 15 is 0 Å². The Balaban J connectivity index is 1.07. The quantitative estimate of drug-likeness (QED) is 0.323. The number of carbonyl (C=O) groups excluding carboxylic acids is 2. The van der Waals surface area contributed by atoms with Crippen LogP contribution in [0.3, 0.4) is 0 Å². The molecule has 8 heteroatoms. The maximum atomic E-state index is 12.8. The third-order valence-corrected chi connectivity index (χ3v) is 9.41. The van der Waals surface area contributed by atoms with Gasteiger partial charge in [0.1, 0.15) is 11.6 Å². The zero-order valence-corrected chi connectivity index (χ0v) is 24.3. The van der Waals surface area contributed by atoms with Crippen LogP contribution in [-0.4, -0.2) is 56.2 Å². The lowest BCUT2D eigenvalue weighted by Crippen LogP contribution is -2.48. The summed E-state index contributed by atoms with van der Waals surface area (Å²) in [6, 6.07) is 15.6. The lowest BCUT2D eigenvalue weighted by atomic mass is 9.48. The van der Waals surface area contributed by atoms with Crippen LogP contribution < -0.4 is 14.8 Å². The van der Waals surface area contributed by atoms with E-state index in [9.17, 15) is 14.9 Å². The van der Waals surface area contributed by atoms with Crippen molar-refractivity contribution in [2.45, 2.75) is 50.9 Å². The van der Waals surface area contributed by atoms with E-state index in [2.05, 4.69) is 17.4 Å². The van der Waals surface area contributed by atoms with Gasteiger partial charge in [-0.1, -0.05) is 18.2 Å². The summed E-state index contributed by atoms with van der Waals surface area (Å²) < 4.78 is 16.9. The van der Waals surface area contributed by atoms with Crippen LogP contribution >= 0.6 is 0 Å². The highest BCUT2D eigenvalue weighted by Crippen LogP contribution is 2.60. The van der Waals surface area contributed by atoms with E-state index in [1.807, 2.05) is 25.1 Å². The van der Waals surface area contributed by atoms with Crippen LogP contribution in [0.25, 0.3) is 6.08 Å². The van der Waals surface area contributed by atoms with Crippen molar-refractivity contribution >= 4 is 23.6 Å². The molecule has 42 heavy (non-hydrogen) atoms. The van der Waals surface area contributed by atoms with Gasteiger partial charge < -0.3 is 24.4 Å². The summed E-state index contributed by atoms with van der Waals surface area (Å²) in [6.07, 6.45) is 9.77. The van der Waals surface area contributed by atoms with Gasteiger partial charge >= 0.3 is 0 Å². The molecule has 0 atom stereocenters. The first-order chi connectivity index (χ1) is 20.4. The first-order valence-corrected chi connectivity index (χ1v) is 15.2. The molecule has 1 N–H and O–H groups in total. The summed E-state index contributed by atoms with van der Waals surface area (Å²) in [5, 5.41) is 12.6. The summed E-state index contributed by atoms with van der Waals surface area (Å²) in [5.41, 5.74) is 3.20.